The van der Waals surface area contributed by atoms with E-state index in [1.807, 2.05) is 0 Å². The van der Waals surface area contributed by atoms with E-state index >= 15 is 0 Å². The Morgan fingerprint density at radius 3 is 2.72 bits per heavy atom. The molecule has 0 aliphatic heterocycles. The third-order valence-electron chi connectivity index (χ3n) is 2.06. The van der Waals surface area contributed by atoms with Crippen LogP contribution in [-0.4, -0.2) is 15.9 Å². The van der Waals surface area contributed by atoms with E-state index in [-0.39, 0.29) is 5.91 Å². The van der Waals surface area contributed by atoms with E-state index in [2.05, 4.69) is 15.3 Å². The maximum Gasteiger partial charge on any atom is 0.238 e. The lowest BCUT2D eigenvalue weighted by molar-refractivity contribution is -0.114. The number of anilines is 2. The van der Waals surface area contributed by atoms with Crippen molar-refractivity contribution >= 4 is 17.4 Å². The van der Waals surface area contributed by atoms with Crippen molar-refractivity contribution in [3.8, 4) is 11.6 Å². The number of nitrogens with two attached hydrogens (primary N) is 1. The molecule has 0 atom stereocenters. The second-order valence-corrected chi connectivity index (χ2v) is 3.56. The number of aromatic nitrogens is 2. The monoisotopic (exact) mass is 244 g/mol. The largest absolute Gasteiger partial charge is 0.435 e. The molecule has 92 valence electrons. The number of nitrogen functional groups attached to an aromatic ring is 1. The lowest BCUT2D eigenvalue weighted by Gasteiger charge is -2.10. The smallest absolute Gasteiger partial charge is 0.238 e. The van der Waals surface area contributed by atoms with Crippen molar-refractivity contribution < 1.29 is 9.53 Å². The predicted molar refractivity (Wildman–Crippen MR) is 67.3 cm³/mol. The number of benzene rings is 1. The quantitative estimate of drug-likeness (QED) is 0.859. The Hall–Kier alpha value is -2.63. The van der Waals surface area contributed by atoms with Crippen molar-refractivity contribution in [3.63, 3.8) is 0 Å². The van der Waals surface area contributed by atoms with Crippen molar-refractivity contribution in [2.45, 2.75) is 6.92 Å². The summed E-state index contributed by atoms with van der Waals surface area (Å²) in [6.07, 6.45) is 2.82. The highest BCUT2D eigenvalue weighted by molar-refractivity contribution is 5.90. The van der Waals surface area contributed by atoms with E-state index in [1.165, 1.54) is 19.3 Å². The lowest BCUT2D eigenvalue weighted by Crippen LogP contribution is -2.07. The zero-order chi connectivity index (χ0) is 13.0. The van der Waals surface area contributed by atoms with Crippen LogP contribution in [0.5, 0.6) is 11.6 Å². The third kappa shape index (κ3) is 2.94. The fourth-order valence-corrected chi connectivity index (χ4v) is 1.34. The summed E-state index contributed by atoms with van der Waals surface area (Å²) in [5, 5.41) is 2.67. The van der Waals surface area contributed by atoms with E-state index in [0.29, 0.717) is 23.1 Å². The molecule has 0 fully saturated rings. The highest BCUT2D eigenvalue weighted by Crippen LogP contribution is 2.27. The van der Waals surface area contributed by atoms with Crippen LogP contribution >= 0.6 is 0 Å². The number of hydrogen-bond donors (Lipinski definition) is 2. The highest BCUT2D eigenvalue weighted by atomic mass is 16.5. The van der Waals surface area contributed by atoms with Crippen LogP contribution in [0.2, 0.25) is 0 Å². The van der Waals surface area contributed by atoms with Crippen molar-refractivity contribution in [1.82, 2.24) is 9.97 Å². The maximum atomic E-state index is 11.1. The molecule has 6 nitrogen and oxygen atoms in total. The van der Waals surface area contributed by atoms with Gasteiger partial charge >= 0.3 is 0 Å². The van der Waals surface area contributed by atoms with Gasteiger partial charge < -0.3 is 15.8 Å². The van der Waals surface area contributed by atoms with E-state index in [1.54, 1.807) is 24.3 Å². The summed E-state index contributed by atoms with van der Waals surface area (Å²) in [6, 6.07) is 7.06. The normalized spacial score (nSPS) is 9.83. The van der Waals surface area contributed by atoms with Crippen LogP contribution < -0.4 is 15.8 Å². The Labute approximate surface area is 104 Å². The molecular weight excluding hydrogens is 232 g/mol. The number of rotatable bonds is 3. The molecule has 0 spiro atoms. The summed E-state index contributed by atoms with van der Waals surface area (Å²) < 4.78 is 5.52. The van der Waals surface area contributed by atoms with Gasteiger partial charge in [-0.25, -0.2) is 9.97 Å². The molecule has 0 saturated heterocycles. The van der Waals surface area contributed by atoms with E-state index in [0.717, 1.165) is 0 Å². The summed E-state index contributed by atoms with van der Waals surface area (Å²) in [5.41, 5.74) is 6.00. The zero-order valence-corrected chi connectivity index (χ0v) is 9.75. The number of ether oxygens (including phenoxy) is 1. The summed E-state index contributed by atoms with van der Waals surface area (Å²) in [7, 11) is 0. The summed E-state index contributed by atoms with van der Waals surface area (Å²) >= 11 is 0. The average molecular weight is 244 g/mol. The molecule has 2 rings (SSSR count). The molecule has 2 aromatic rings. The second-order valence-electron chi connectivity index (χ2n) is 3.56. The molecule has 0 bridgehead atoms. The van der Waals surface area contributed by atoms with Crippen LogP contribution in [0.1, 0.15) is 6.92 Å². The topological polar surface area (TPSA) is 90.1 Å². The summed E-state index contributed by atoms with van der Waals surface area (Å²) in [5.74, 6) is 0.945. The molecule has 1 amide bonds. The van der Waals surface area contributed by atoms with Crippen LogP contribution in [0.3, 0.4) is 0 Å². The van der Waals surface area contributed by atoms with Gasteiger partial charge in [-0.05, 0) is 12.1 Å². The average Bonchev–Trinajstić information content (AvgIpc) is 2.34. The van der Waals surface area contributed by atoms with Gasteiger partial charge in [0, 0.05) is 6.92 Å². The standard InChI is InChI=1S/C12H12N4O2/c1-8(17)16-9-4-2-3-5-10(9)18-12-7-14-11(13)6-15-12/h2-7H,1H3,(H2,13,14)(H,16,17). The number of amides is 1. The minimum atomic E-state index is -0.172. The molecule has 1 heterocycles. The van der Waals surface area contributed by atoms with Gasteiger partial charge in [0.2, 0.25) is 11.8 Å². The fourth-order valence-electron chi connectivity index (χ4n) is 1.34. The maximum absolute atomic E-state index is 11.1. The van der Waals surface area contributed by atoms with Crippen LogP contribution in [0, 0.1) is 0 Å². The Kier molecular flexibility index (Phi) is 3.38. The highest BCUT2D eigenvalue weighted by Gasteiger charge is 2.06. The minimum absolute atomic E-state index is 0.172. The second kappa shape index (κ2) is 5.13. The molecule has 3 N–H and O–H groups in total. The number of carbonyl (C=O) groups is 1. The molecule has 0 radical (unpaired) electrons. The minimum Gasteiger partial charge on any atom is -0.435 e. The Morgan fingerprint density at radius 1 is 1.28 bits per heavy atom. The first-order valence-electron chi connectivity index (χ1n) is 5.27. The first kappa shape index (κ1) is 11.8. The fraction of sp³-hybridized carbons (Fsp3) is 0.0833. The SMILES string of the molecule is CC(=O)Nc1ccccc1Oc1cnc(N)cn1. The first-order chi connectivity index (χ1) is 8.65. The van der Waals surface area contributed by atoms with Gasteiger partial charge in [0.25, 0.3) is 0 Å². The number of hydrogen-bond acceptors (Lipinski definition) is 5. The summed E-state index contributed by atoms with van der Waals surface area (Å²) in [4.78, 5) is 18.9. The number of nitrogens with zero attached hydrogens (tertiary/aromatic N) is 2. The van der Waals surface area contributed by atoms with Gasteiger partial charge in [0.05, 0.1) is 18.1 Å². The predicted octanol–water partition coefficient (Wildman–Crippen LogP) is 1.81. The molecular formula is C12H12N4O2. The van der Waals surface area contributed by atoms with Crippen molar-refractivity contribution in [3.05, 3.63) is 36.7 Å². The van der Waals surface area contributed by atoms with Crippen molar-refractivity contribution in [2.75, 3.05) is 11.1 Å². The first-order valence-corrected chi connectivity index (χ1v) is 5.27. The summed E-state index contributed by atoms with van der Waals surface area (Å²) in [6.45, 7) is 1.43. The van der Waals surface area contributed by atoms with Crippen LogP contribution in [0.4, 0.5) is 11.5 Å². The molecule has 0 aliphatic carbocycles. The zero-order valence-electron chi connectivity index (χ0n) is 9.75. The van der Waals surface area contributed by atoms with Gasteiger partial charge in [0.1, 0.15) is 5.82 Å². The van der Waals surface area contributed by atoms with E-state index in [4.69, 9.17) is 10.5 Å². The van der Waals surface area contributed by atoms with Crippen LogP contribution in [0.15, 0.2) is 36.7 Å². The molecule has 1 aromatic carbocycles. The van der Waals surface area contributed by atoms with E-state index < -0.39 is 0 Å². The molecule has 1 aromatic heterocycles. The Balaban J connectivity index is 2.23. The third-order valence-corrected chi connectivity index (χ3v) is 2.06. The Bertz CT molecular complexity index is 554. The van der Waals surface area contributed by atoms with Crippen LogP contribution in [-0.2, 0) is 4.79 Å². The van der Waals surface area contributed by atoms with Gasteiger partial charge in [-0.15, -0.1) is 0 Å². The van der Waals surface area contributed by atoms with Crippen molar-refractivity contribution in [2.24, 2.45) is 0 Å². The van der Waals surface area contributed by atoms with Crippen LogP contribution in [0.25, 0.3) is 0 Å². The van der Waals surface area contributed by atoms with Gasteiger partial charge in [-0.3, -0.25) is 4.79 Å². The molecule has 6 heteroatoms. The Morgan fingerprint density at radius 2 is 2.06 bits per heavy atom. The molecule has 18 heavy (non-hydrogen) atoms. The van der Waals surface area contributed by atoms with Gasteiger partial charge in [-0.1, -0.05) is 12.1 Å². The number of nitrogens with one attached hydrogen (secondary N) is 1. The van der Waals surface area contributed by atoms with E-state index in [9.17, 15) is 4.79 Å². The molecule has 0 aliphatic rings. The molecule has 0 unspecified atom stereocenters. The van der Waals surface area contributed by atoms with Crippen molar-refractivity contribution in [1.29, 1.82) is 0 Å². The van der Waals surface area contributed by atoms with Gasteiger partial charge in [0.15, 0.2) is 5.75 Å². The lowest BCUT2D eigenvalue weighted by atomic mass is 10.3. The van der Waals surface area contributed by atoms with Gasteiger partial charge in [-0.2, -0.15) is 0 Å². The number of carbonyl (C=O) groups excluding carboxylic acids is 1. The molecule has 0 saturated carbocycles. The number of para-hydroxylation sites is 2.